The first-order chi connectivity index (χ1) is 29.3. The Kier molecular flexibility index (Phi) is 7.47. The number of anilines is 9. The van der Waals surface area contributed by atoms with Crippen LogP contribution in [0.25, 0.3) is 0 Å². The number of nitrogens with zero attached hydrogens (tertiary/aromatic N) is 5. The lowest BCUT2D eigenvalue weighted by Crippen LogP contribution is -2.65. The fourth-order valence-corrected chi connectivity index (χ4v) is 10.3. The molecule has 7 aromatic carbocycles. The summed E-state index contributed by atoms with van der Waals surface area (Å²) in [6.45, 7) is -0.0551. The predicted octanol–water partition coefficient (Wildman–Crippen LogP) is 10.7. The second kappa shape index (κ2) is 13.2. The van der Waals surface area contributed by atoms with Crippen molar-refractivity contribution in [3.63, 3.8) is 0 Å². The molecule has 0 unspecified atom stereocenters. The van der Waals surface area contributed by atoms with Crippen LogP contribution in [-0.2, 0) is 5.41 Å². The number of fused-ring (bicyclic) bond motifs is 7. The summed E-state index contributed by atoms with van der Waals surface area (Å²) < 4.78 is 0. The summed E-state index contributed by atoms with van der Waals surface area (Å²) in [5, 5.41) is 0. The van der Waals surface area contributed by atoms with Crippen LogP contribution in [0.4, 0.5) is 51.2 Å². The van der Waals surface area contributed by atoms with E-state index in [0.29, 0.717) is 0 Å². The van der Waals surface area contributed by atoms with Crippen molar-refractivity contribution < 1.29 is 0 Å². The van der Waals surface area contributed by atoms with Crippen molar-refractivity contribution in [1.82, 2.24) is 9.97 Å². The highest BCUT2D eigenvalue weighted by molar-refractivity contribution is 6.99. The predicted molar refractivity (Wildman–Crippen MR) is 243 cm³/mol. The van der Waals surface area contributed by atoms with Gasteiger partial charge in [0, 0.05) is 47.5 Å². The minimum Gasteiger partial charge on any atom is -0.309 e. The summed E-state index contributed by atoms with van der Waals surface area (Å²) in [5.41, 5.74) is 18.0. The van der Waals surface area contributed by atoms with Gasteiger partial charge >= 0.3 is 0 Å². The maximum atomic E-state index is 4.52. The number of benzene rings is 7. The van der Waals surface area contributed by atoms with Crippen LogP contribution in [0.15, 0.2) is 219 Å². The average molecular weight is 754 g/mol. The van der Waals surface area contributed by atoms with Crippen LogP contribution in [-0.4, -0.2) is 16.7 Å². The molecule has 0 aliphatic carbocycles. The van der Waals surface area contributed by atoms with E-state index in [1.165, 1.54) is 38.6 Å². The molecular formula is C53H36BN5. The van der Waals surface area contributed by atoms with Crippen molar-refractivity contribution in [2.24, 2.45) is 0 Å². The van der Waals surface area contributed by atoms with Gasteiger partial charge in [0.25, 0.3) is 0 Å². The molecule has 59 heavy (non-hydrogen) atoms. The zero-order valence-corrected chi connectivity index (χ0v) is 32.1. The zero-order chi connectivity index (χ0) is 38.9. The number of para-hydroxylation sites is 4. The molecule has 0 saturated heterocycles. The van der Waals surface area contributed by atoms with Gasteiger partial charge in [-0.05, 0) is 93.8 Å². The van der Waals surface area contributed by atoms with E-state index >= 15 is 0 Å². The lowest BCUT2D eigenvalue weighted by molar-refractivity contribution is 0.750. The highest BCUT2D eigenvalue weighted by Crippen LogP contribution is 2.61. The van der Waals surface area contributed by atoms with Gasteiger partial charge in [0.2, 0.25) is 6.71 Å². The number of hydrogen-bond acceptors (Lipinski definition) is 5. The van der Waals surface area contributed by atoms with Crippen molar-refractivity contribution in [1.29, 1.82) is 0 Å². The highest BCUT2D eigenvalue weighted by Gasteiger charge is 2.53. The Bertz CT molecular complexity index is 2980. The first kappa shape index (κ1) is 33.4. The third-order valence-corrected chi connectivity index (χ3v) is 12.5. The van der Waals surface area contributed by atoms with Gasteiger partial charge in [0.15, 0.2) is 0 Å². The quantitative estimate of drug-likeness (QED) is 0.164. The van der Waals surface area contributed by atoms with E-state index in [-0.39, 0.29) is 6.71 Å². The van der Waals surface area contributed by atoms with Gasteiger partial charge in [0.05, 0.1) is 33.9 Å². The second-order valence-corrected chi connectivity index (χ2v) is 15.4. The van der Waals surface area contributed by atoms with Crippen molar-refractivity contribution in [3.05, 3.63) is 241 Å². The lowest BCUT2D eigenvalue weighted by Gasteiger charge is -2.51. The normalized spacial score (nSPS) is 14.1. The van der Waals surface area contributed by atoms with Crippen LogP contribution in [0.2, 0.25) is 0 Å². The van der Waals surface area contributed by atoms with E-state index in [1.807, 2.05) is 24.8 Å². The van der Waals surface area contributed by atoms with Gasteiger partial charge in [-0.2, -0.15) is 0 Å². The molecule has 3 aliphatic rings. The van der Waals surface area contributed by atoms with Crippen molar-refractivity contribution >= 4 is 74.3 Å². The molecule has 0 radical (unpaired) electrons. The van der Waals surface area contributed by atoms with Gasteiger partial charge < -0.3 is 14.7 Å². The van der Waals surface area contributed by atoms with Crippen LogP contribution < -0.4 is 31.1 Å². The van der Waals surface area contributed by atoms with Gasteiger partial charge in [-0.25, -0.2) is 0 Å². The van der Waals surface area contributed by atoms with Crippen LogP contribution >= 0.6 is 0 Å². The molecule has 3 aliphatic heterocycles. The summed E-state index contributed by atoms with van der Waals surface area (Å²) >= 11 is 0. The maximum Gasteiger partial charge on any atom is 0.247 e. The van der Waals surface area contributed by atoms with Gasteiger partial charge in [0.1, 0.15) is 0 Å². The Morgan fingerprint density at radius 3 is 1.44 bits per heavy atom. The molecule has 5 nitrogen and oxygen atoms in total. The second-order valence-electron chi connectivity index (χ2n) is 15.4. The lowest BCUT2D eigenvalue weighted by atomic mass is 9.29. The monoisotopic (exact) mass is 753 g/mol. The first-order valence-electron chi connectivity index (χ1n) is 20.2. The Hall–Kier alpha value is -7.70. The average Bonchev–Trinajstić information content (AvgIpc) is 3.32. The Morgan fingerprint density at radius 1 is 0.356 bits per heavy atom. The standard InChI is InChI=1S/C53H36BN5/c1-4-16-37(17-5-1)53(38-18-6-2-7-19-38)42-22-10-11-23-44(42)54-45-24-12-13-25-46(45)58(41-30-34-56-35-31-41)52-50(54)43(53)36-49-51(52)59(39-20-8-3-9-21-39)48-27-15-14-26-47(48)57(49)40-28-32-55-33-29-40/h1-36H. The highest BCUT2D eigenvalue weighted by atomic mass is 15.3. The summed E-state index contributed by atoms with van der Waals surface area (Å²) in [6, 6.07) is 71.2. The molecule has 0 amide bonds. The van der Waals surface area contributed by atoms with Crippen molar-refractivity contribution in [2.45, 2.75) is 5.41 Å². The Labute approximate surface area is 344 Å². The topological polar surface area (TPSA) is 35.5 Å². The van der Waals surface area contributed by atoms with E-state index in [1.54, 1.807) is 0 Å². The number of rotatable bonds is 5. The Morgan fingerprint density at radius 2 is 0.814 bits per heavy atom. The number of hydrogen-bond donors (Lipinski definition) is 0. The van der Waals surface area contributed by atoms with E-state index in [9.17, 15) is 0 Å². The van der Waals surface area contributed by atoms with E-state index in [2.05, 4.69) is 219 Å². The minimum atomic E-state index is -0.677. The van der Waals surface area contributed by atoms with E-state index in [0.717, 1.165) is 51.2 Å². The molecule has 2 aromatic heterocycles. The maximum absolute atomic E-state index is 4.52. The summed E-state index contributed by atoms with van der Waals surface area (Å²) in [6.07, 6.45) is 7.61. The fourth-order valence-electron chi connectivity index (χ4n) is 10.3. The fraction of sp³-hybridized carbons (Fsp3) is 0.0189. The molecule has 0 fully saturated rings. The Balaban J connectivity index is 1.35. The molecule has 12 rings (SSSR count). The molecule has 0 spiro atoms. The van der Waals surface area contributed by atoms with Crippen molar-refractivity contribution in [3.8, 4) is 0 Å². The van der Waals surface area contributed by atoms with E-state index in [4.69, 9.17) is 0 Å². The van der Waals surface area contributed by atoms with Gasteiger partial charge in [-0.3, -0.25) is 9.97 Å². The molecular weight excluding hydrogens is 717 g/mol. The number of aromatic nitrogens is 2. The zero-order valence-electron chi connectivity index (χ0n) is 32.1. The molecule has 0 N–H and O–H groups in total. The first-order valence-corrected chi connectivity index (χ1v) is 20.2. The molecule has 9 aromatic rings. The van der Waals surface area contributed by atoms with Gasteiger partial charge in [-0.15, -0.1) is 0 Å². The molecule has 0 atom stereocenters. The van der Waals surface area contributed by atoms with Crippen LogP contribution in [0.3, 0.4) is 0 Å². The van der Waals surface area contributed by atoms with Crippen LogP contribution in [0.1, 0.15) is 22.3 Å². The summed E-state index contributed by atoms with van der Waals surface area (Å²) in [5.74, 6) is 0. The largest absolute Gasteiger partial charge is 0.309 e. The molecule has 0 bridgehead atoms. The van der Waals surface area contributed by atoms with Gasteiger partial charge in [-0.1, -0.05) is 139 Å². The molecule has 5 heterocycles. The van der Waals surface area contributed by atoms with Crippen LogP contribution in [0.5, 0.6) is 0 Å². The minimum absolute atomic E-state index is 0.0551. The van der Waals surface area contributed by atoms with Crippen LogP contribution in [0, 0.1) is 0 Å². The molecule has 276 valence electrons. The summed E-state index contributed by atoms with van der Waals surface area (Å²) in [4.78, 5) is 16.5. The smallest absolute Gasteiger partial charge is 0.247 e. The SMILES string of the molecule is c1ccc(N2c3ccccc3N(c3ccncc3)c3cc4c5c(c32)N(c2ccncc2)c2ccccc2B5c2ccccc2C4(c2ccccc2)c2ccccc2)cc1. The molecule has 6 heteroatoms. The summed E-state index contributed by atoms with van der Waals surface area (Å²) in [7, 11) is 0. The molecule has 0 saturated carbocycles. The third kappa shape index (κ3) is 4.74. The van der Waals surface area contributed by atoms with Crippen molar-refractivity contribution in [2.75, 3.05) is 14.7 Å². The van der Waals surface area contributed by atoms with E-state index < -0.39 is 5.41 Å². The third-order valence-electron chi connectivity index (χ3n) is 12.5. The number of pyridine rings is 2.